The molecule has 0 N–H and O–H groups in total. The highest BCUT2D eigenvalue weighted by atomic mass is 19.1. The van der Waals surface area contributed by atoms with Crippen LogP contribution in [0.2, 0.25) is 0 Å². The maximum absolute atomic E-state index is 15.0. The second-order valence-electron chi connectivity index (χ2n) is 9.72. The van der Waals surface area contributed by atoms with Gasteiger partial charge in [0.15, 0.2) is 0 Å². The van der Waals surface area contributed by atoms with E-state index in [1.165, 1.54) is 0 Å². The summed E-state index contributed by atoms with van der Waals surface area (Å²) in [5.74, 6) is -0.0387. The van der Waals surface area contributed by atoms with Crippen molar-refractivity contribution < 1.29 is 13.9 Å². The van der Waals surface area contributed by atoms with Gasteiger partial charge in [-0.3, -0.25) is 14.7 Å². The lowest BCUT2D eigenvalue weighted by molar-refractivity contribution is -0.172. The first-order valence-electron chi connectivity index (χ1n) is 11.9. The van der Waals surface area contributed by atoms with Crippen molar-refractivity contribution in [2.75, 3.05) is 26.2 Å². The Bertz CT molecular complexity index is 1200. The summed E-state index contributed by atoms with van der Waals surface area (Å²) < 4.78 is 21.1. The Morgan fingerprint density at radius 3 is 2.64 bits per heavy atom. The number of benzene rings is 2. The molecule has 0 atom stereocenters. The van der Waals surface area contributed by atoms with Crippen LogP contribution in [-0.2, 0) is 16.1 Å². The number of amides is 1. The zero-order valence-corrected chi connectivity index (χ0v) is 18.7. The number of nitrogens with zero attached hydrogens (tertiary/aromatic N) is 3. The molecule has 6 heteroatoms. The van der Waals surface area contributed by atoms with Gasteiger partial charge in [0.1, 0.15) is 12.4 Å². The van der Waals surface area contributed by atoms with Gasteiger partial charge in [-0.05, 0) is 55.0 Å². The van der Waals surface area contributed by atoms with Gasteiger partial charge in [0.2, 0.25) is 5.91 Å². The van der Waals surface area contributed by atoms with Crippen LogP contribution in [-0.4, -0.2) is 58.6 Å². The van der Waals surface area contributed by atoms with Gasteiger partial charge in [0.05, 0.1) is 17.7 Å². The SMILES string of the molecule is O=C1COC2(CCN(Cc3ccc(-c4ccc5cccnc5c4)cc3F)CC2)CN1C1CC1. The van der Waals surface area contributed by atoms with E-state index >= 15 is 4.39 Å². The molecule has 1 spiro atoms. The van der Waals surface area contributed by atoms with E-state index in [1.807, 2.05) is 47.4 Å². The first-order chi connectivity index (χ1) is 16.1. The minimum absolute atomic E-state index is 0.134. The molecule has 170 valence electrons. The quantitative estimate of drug-likeness (QED) is 0.597. The van der Waals surface area contributed by atoms with Gasteiger partial charge in [-0.15, -0.1) is 0 Å². The molecule has 2 aromatic carbocycles. The Hall–Kier alpha value is -2.83. The number of rotatable bonds is 4. The van der Waals surface area contributed by atoms with Crippen LogP contribution in [0.15, 0.2) is 54.7 Å². The molecule has 1 saturated carbocycles. The Labute approximate surface area is 193 Å². The molecule has 3 aromatic rings. The van der Waals surface area contributed by atoms with E-state index < -0.39 is 0 Å². The summed E-state index contributed by atoms with van der Waals surface area (Å²) >= 11 is 0. The zero-order valence-electron chi connectivity index (χ0n) is 18.7. The molecule has 3 heterocycles. The smallest absolute Gasteiger partial charge is 0.248 e. The Balaban J connectivity index is 1.12. The summed E-state index contributed by atoms with van der Waals surface area (Å²) in [5, 5.41) is 1.08. The van der Waals surface area contributed by atoms with Crippen LogP contribution in [0.1, 0.15) is 31.2 Å². The van der Waals surface area contributed by atoms with Crippen LogP contribution < -0.4 is 0 Å². The molecule has 0 radical (unpaired) electrons. The highest BCUT2D eigenvalue weighted by Crippen LogP contribution is 2.36. The average molecular weight is 446 g/mol. The predicted molar refractivity (Wildman–Crippen MR) is 125 cm³/mol. The molecule has 2 aliphatic heterocycles. The Kier molecular flexibility index (Phi) is 5.15. The standard InChI is InChI=1S/C27H28FN3O2/c28-24-14-20(21-4-3-19-2-1-11-29-25(19)15-21)5-6-22(24)16-30-12-9-27(10-13-30)18-31(23-7-8-23)26(32)17-33-27/h1-6,11,14-15,23H,7-10,12-13,16-18H2. The topological polar surface area (TPSA) is 45.7 Å². The second-order valence-corrected chi connectivity index (χ2v) is 9.72. The van der Waals surface area contributed by atoms with Crippen molar-refractivity contribution in [3.05, 3.63) is 66.1 Å². The van der Waals surface area contributed by atoms with Gasteiger partial charge in [-0.2, -0.15) is 0 Å². The van der Waals surface area contributed by atoms with Gasteiger partial charge in [-0.1, -0.05) is 30.3 Å². The highest BCUT2D eigenvalue weighted by molar-refractivity contribution is 5.84. The van der Waals surface area contributed by atoms with Gasteiger partial charge >= 0.3 is 0 Å². The molecule has 2 saturated heterocycles. The van der Waals surface area contributed by atoms with Crippen LogP contribution in [0, 0.1) is 5.82 Å². The summed E-state index contributed by atoms with van der Waals surface area (Å²) in [6.07, 6.45) is 5.79. The number of halogens is 1. The van der Waals surface area contributed by atoms with Crippen molar-refractivity contribution in [1.29, 1.82) is 0 Å². The summed E-state index contributed by atoms with van der Waals surface area (Å²) in [6.45, 7) is 3.21. The number of aromatic nitrogens is 1. The molecular formula is C27H28FN3O2. The fourth-order valence-corrected chi connectivity index (χ4v) is 5.22. The number of piperidine rings is 1. The normalized spacial score (nSPS) is 21.1. The van der Waals surface area contributed by atoms with Crippen molar-refractivity contribution in [2.24, 2.45) is 0 Å². The van der Waals surface area contributed by atoms with Crippen LogP contribution in [0.5, 0.6) is 0 Å². The van der Waals surface area contributed by atoms with Gasteiger partial charge in [0.25, 0.3) is 0 Å². The monoisotopic (exact) mass is 445 g/mol. The number of pyridine rings is 1. The molecule has 3 aliphatic rings. The fraction of sp³-hybridized carbons (Fsp3) is 0.407. The molecule has 33 heavy (non-hydrogen) atoms. The van der Waals surface area contributed by atoms with Gasteiger partial charge < -0.3 is 9.64 Å². The van der Waals surface area contributed by atoms with E-state index in [4.69, 9.17) is 4.74 Å². The first-order valence-corrected chi connectivity index (χ1v) is 11.9. The minimum atomic E-state index is -0.223. The second kappa shape index (κ2) is 8.19. The molecule has 1 aromatic heterocycles. The maximum Gasteiger partial charge on any atom is 0.248 e. The summed E-state index contributed by atoms with van der Waals surface area (Å²) in [4.78, 5) is 20.9. The largest absolute Gasteiger partial charge is 0.363 e. The van der Waals surface area contributed by atoms with E-state index in [2.05, 4.69) is 9.88 Å². The third kappa shape index (κ3) is 4.13. The lowest BCUT2D eigenvalue weighted by Crippen LogP contribution is -2.59. The number of ether oxygens (including phenoxy) is 1. The zero-order chi connectivity index (χ0) is 22.4. The van der Waals surface area contributed by atoms with E-state index in [0.29, 0.717) is 24.7 Å². The average Bonchev–Trinajstić information content (AvgIpc) is 3.69. The van der Waals surface area contributed by atoms with E-state index in [1.54, 1.807) is 12.3 Å². The van der Waals surface area contributed by atoms with Crippen LogP contribution in [0.4, 0.5) is 4.39 Å². The lowest BCUT2D eigenvalue weighted by Gasteiger charge is -2.47. The number of hydrogen-bond donors (Lipinski definition) is 0. The Morgan fingerprint density at radius 2 is 1.85 bits per heavy atom. The first kappa shape index (κ1) is 20.8. The van der Waals surface area contributed by atoms with Crippen molar-refractivity contribution in [3.63, 3.8) is 0 Å². The number of carbonyl (C=O) groups is 1. The number of carbonyl (C=O) groups excluding carboxylic acids is 1. The molecule has 6 rings (SSSR count). The van der Waals surface area contributed by atoms with E-state index in [9.17, 15) is 4.79 Å². The van der Waals surface area contributed by atoms with Crippen LogP contribution in [0.25, 0.3) is 22.0 Å². The van der Waals surface area contributed by atoms with Crippen molar-refractivity contribution in [1.82, 2.24) is 14.8 Å². The number of likely N-dealkylation sites (tertiary alicyclic amines) is 1. The summed E-state index contributed by atoms with van der Waals surface area (Å²) in [5.41, 5.74) is 3.23. The predicted octanol–water partition coefficient (Wildman–Crippen LogP) is 4.40. The highest BCUT2D eigenvalue weighted by Gasteiger charge is 2.46. The van der Waals surface area contributed by atoms with Crippen molar-refractivity contribution in [3.8, 4) is 11.1 Å². The molecule has 3 fully saturated rings. The third-order valence-electron chi connectivity index (χ3n) is 7.42. The molecule has 0 bridgehead atoms. The summed E-state index contributed by atoms with van der Waals surface area (Å²) in [6, 6.07) is 16.0. The lowest BCUT2D eigenvalue weighted by atomic mass is 9.89. The van der Waals surface area contributed by atoms with Crippen molar-refractivity contribution >= 4 is 16.8 Å². The van der Waals surface area contributed by atoms with Crippen LogP contribution in [0.3, 0.4) is 0 Å². The van der Waals surface area contributed by atoms with Gasteiger partial charge in [0, 0.05) is 42.8 Å². The van der Waals surface area contributed by atoms with Gasteiger partial charge in [-0.25, -0.2) is 4.39 Å². The fourth-order valence-electron chi connectivity index (χ4n) is 5.22. The molecule has 1 amide bonds. The molecular weight excluding hydrogens is 417 g/mol. The molecule has 1 aliphatic carbocycles. The maximum atomic E-state index is 15.0. The number of fused-ring (bicyclic) bond motifs is 1. The minimum Gasteiger partial charge on any atom is -0.363 e. The Morgan fingerprint density at radius 1 is 1.06 bits per heavy atom. The molecule has 0 unspecified atom stereocenters. The summed E-state index contributed by atoms with van der Waals surface area (Å²) in [7, 11) is 0. The molecule has 5 nitrogen and oxygen atoms in total. The number of hydrogen-bond acceptors (Lipinski definition) is 4. The third-order valence-corrected chi connectivity index (χ3v) is 7.42. The number of morpholine rings is 1. The van der Waals surface area contributed by atoms with Crippen LogP contribution >= 0.6 is 0 Å². The van der Waals surface area contributed by atoms with Crippen molar-refractivity contribution in [2.45, 2.75) is 43.9 Å². The van der Waals surface area contributed by atoms with E-state index in [-0.39, 0.29) is 23.9 Å². The van der Waals surface area contributed by atoms with E-state index in [0.717, 1.165) is 60.8 Å².